The lowest BCUT2D eigenvalue weighted by molar-refractivity contribution is 0.597. The maximum absolute atomic E-state index is 15.7. The third-order valence-electron chi connectivity index (χ3n) is 12.7. The molecule has 0 saturated heterocycles. The average molecular weight is 878 g/mol. The molecule has 1 aliphatic rings. The molecule has 0 aliphatic carbocycles. The van der Waals surface area contributed by atoms with Crippen LogP contribution >= 0.6 is 0 Å². The summed E-state index contributed by atoms with van der Waals surface area (Å²) in [4.78, 5) is 16.2. The molecule has 0 saturated carbocycles. The zero-order valence-corrected chi connectivity index (χ0v) is 36.9. The normalized spacial score (nSPS) is 12.4. The molecule has 0 spiro atoms. The van der Waals surface area contributed by atoms with E-state index in [1.165, 1.54) is 0 Å². The van der Waals surface area contributed by atoms with Crippen LogP contribution in [-0.2, 0) is 9.84 Å². The van der Waals surface area contributed by atoms with Gasteiger partial charge >= 0.3 is 0 Å². The summed E-state index contributed by atoms with van der Waals surface area (Å²) in [6.45, 7) is 0. The van der Waals surface area contributed by atoms with E-state index in [2.05, 4.69) is 84.9 Å². The zero-order valence-electron chi connectivity index (χ0n) is 36.1. The smallest absolute Gasteiger partial charge is 0.208 e. The Morgan fingerprint density at radius 2 is 0.672 bits per heavy atom. The maximum atomic E-state index is 15.7. The monoisotopic (exact) mass is 877 g/mol. The van der Waals surface area contributed by atoms with Crippen molar-refractivity contribution in [2.24, 2.45) is 0 Å². The third kappa shape index (κ3) is 7.12. The standard InChI is InChI=1S/C61H39N3O2S/c65-67(66)57-32-14-13-31-54(57)52-30-12-11-28-50(52)49-27-9-10-29-51(49)53-35-34-47(39-56(53)55-36-33-42-21-7-8-26-48(42)58(55)67)61-63-59(45-24-15-22-43(37-45)40-17-3-1-4-18-40)62-60(64-61)46-25-16-23-44(38-46)41-19-5-2-6-20-41/h1-39H. The molecule has 5 nitrogen and oxygen atoms in total. The molecule has 0 N–H and O–H groups in total. The molecule has 11 aromatic rings. The second kappa shape index (κ2) is 16.4. The molecule has 2 heterocycles. The van der Waals surface area contributed by atoms with E-state index in [1.807, 2.05) is 146 Å². The molecule has 10 aromatic carbocycles. The van der Waals surface area contributed by atoms with E-state index in [1.54, 1.807) is 6.07 Å². The van der Waals surface area contributed by atoms with Gasteiger partial charge in [0.05, 0.1) is 9.79 Å². The van der Waals surface area contributed by atoms with Crippen LogP contribution in [0.3, 0.4) is 0 Å². The Labute approximate surface area is 389 Å². The van der Waals surface area contributed by atoms with Crippen LogP contribution < -0.4 is 0 Å². The minimum Gasteiger partial charge on any atom is -0.218 e. The Hall–Kier alpha value is -8.58. The minimum atomic E-state index is -4.17. The highest BCUT2D eigenvalue weighted by Gasteiger charge is 2.31. The van der Waals surface area contributed by atoms with Crippen LogP contribution in [0.25, 0.3) is 112 Å². The van der Waals surface area contributed by atoms with Gasteiger partial charge < -0.3 is 0 Å². The maximum Gasteiger partial charge on any atom is 0.208 e. The number of aromatic nitrogens is 3. The summed E-state index contributed by atoms with van der Waals surface area (Å²) in [5, 5.41) is 1.48. The molecule has 6 heteroatoms. The fraction of sp³-hybridized carbons (Fsp3) is 0. The van der Waals surface area contributed by atoms with Crippen LogP contribution in [0, 0.1) is 0 Å². The van der Waals surface area contributed by atoms with Gasteiger partial charge in [0.1, 0.15) is 0 Å². The summed E-state index contributed by atoms with van der Waals surface area (Å²) < 4.78 is 31.5. The van der Waals surface area contributed by atoms with Gasteiger partial charge in [-0.25, -0.2) is 23.4 Å². The lowest BCUT2D eigenvalue weighted by atomic mass is 9.86. The molecule has 0 fully saturated rings. The van der Waals surface area contributed by atoms with E-state index < -0.39 is 9.84 Å². The van der Waals surface area contributed by atoms with Crippen LogP contribution in [0.1, 0.15) is 0 Å². The topological polar surface area (TPSA) is 72.8 Å². The molecule has 1 aromatic heterocycles. The number of benzene rings is 10. The van der Waals surface area contributed by atoms with Gasteiger partial charge in [-0.1, -0.05) is 212 Å². The van der Waals surface area contributed by atoms with Gasteiger partial charge in [-0.15, -0.1) is 0 Å². The summed E-state index contributed by atoms with van der Waals surface area (Å²) in [5.41, 5.74) is 13.3. The van der Waals surface area contributed by atoms with Crippen molar-refractivity contribution in [1.29, 1.82) is 0 Å². The second-order valence-electron chi connectivity index (χ2n) is 16.7. The number of nitrogens with zero attached hydrogens (tertiary/aromatic N) is 3. The summed E-state index contributed by atoms with van der Waals surface area (Å²) in [7, 11) is -4.17. The molecular weight excluding hydrogens is 839 g/mol. The van der Waals surface area contributed by atoms with Gasteiger partial charge in [-0.3, -0.25) is 0 Å². The first kappa shape index (κ1) is 40.0. The van der Waals surface area contributed by atoms with Gasteiger partial charge in [-0.05, 0) is 85.3 Å². The van der Waals surface area contributed by atoms with Crippen molar-refractivity contribution in [2.75, 3.05) is 0 Å². The van der Waals surface area contributed by atoms with Crippen molar-refractivity contribution >= 4 is 20.6 Å². The van der Waals surface area contributed by atoms with E-state index in [9.17, 15) is 0 Å². The number of sulfone groups is 1. The Morgan fingerprint density at radius 3 is 1.24 bits per heavy atom. The van der Waals surface area contributed by atoms with Crippen LogP contribution in [0.15, 0.2) is 246 Å². The highest BCUT2D eigenvalue weighted by molar-refractivity contribution is 7.92. The average Bonchev–Trinajstić information content (AvgIpc) is 3.41. The molecule has 0 atom stereocenters. The molecule has 1 aliphatic heterocycles. The van der Waals surface area contributed by atoms with Crippen LogP contribution in [0.2, 0.25) is 0 Å². The van der Waals surface area contributed by atoms with Gasteiger partial charge in [0.25, 0.3) is 0 Å². The molecule has 12 rings (SSSR count). The van der Waals surface area contributed by atoms with Gasteiger partial charge in [0.15, 0.2) is 17.5 Å². The van der Waals surface area contributed by atoms with E-state index in [0.717, 1.165) is 72.1 Å². The second-order valence-corrected chi connectivity index (χ2v) is 18.6. The van der Waals surface area contributed by atoms with Crippen molar-refractivity contribution < 1.29 is 8.42 Å². The van der Waals surface area contributed by atoms with Crippen LogP contribution in [0.5, 0.6) is 0 Å². The minimum absolute atomic E-state index is 0.249. The molecule has 67 heavy (non-hydrogen) atoms. The first-order chi connectivity index (χ1) is 33.0. The number of rotatable bonds is 5. The molecule has 0 radical (unpaired) electrons. The highest BCUT2D eigenvalue weighted by atomic mass is 32.2. The number of hydrogen-bond acceptors (Lipinski definition) is 5. The highest BCUT2D eigenvalue weighted by Crippen LogP contribution is 2.49. The summed E-state index contributed by atoms with van der Waals surface area (Å²) in [5.74, 6) is 1.50. The number of fused-ring (bicyclic) bond motifs is 11. The fourth-order valence-corrected chi connectivity index (χ4v) is 11.4. The third-order valence-corrected chi connectivity index (χ3v) is 14.6. The lowest BCUT2D eigenvalue weighted by Crippen LogP contribution is -2.07. The predicted octanol–water partition coefficient (Wildman–Crippen LogP) is 15.2. The van der Waals surface area contributed by atoms with Crippen LogP contribution in [-0.4, -0.2) is 23.4 Å². The number of hydrogen-bond donors (Lipinski definition) is 0. The van der Waals surface area contributed by atoms with Crippen molar-refractivity contribution in [2.45, 2.75) is 9.79 Å². The first-order valence-electron chi connectivity index (χ1n) is 22.3. The molecule has 0 unspecified atom stereocenters. The quantitative estimate of drug-likeness (QED) is 0.172. The van der Waals surface area contributed by atoms with E-state index >= 15 is 8.42 Å². The van der Waals surface area contributed by atoms with Crippen molar-refractivity contribution in [3.63, 3.8) is 0 Å². The fourth-order valence-electron chi connectivity index (χ4n) is 9.52. The van der Waals surface area contributed by atoms with Crippen molar-refractivity contribution in [1.82, 2.24) is 15.0 Å². The van der Waals surface area contributed by atoms with Gasteiger partial charge in [0.2, 0.25) is 9.84 Å². The van der Waals surface area contributed by atoms with E-state index in [-0.39, 0.29) is 9.79 Å². The lowest BCUT2D eigenvalue weighted by Gasteiger charge is -2.19. The summed E-state index contributed by atoms with van der Waals surface area (Å²) >= 11 is 0. The van der Waals surface area contributed by atoms with E-state index in [4.69, 9.17) is 15.0 Å². The van der Waals surface area contributed by atoms with Crippen molar-refractivity contribution in [3.05, 3.63) is 237 Å². The Balaban J connectivity index is 1.14. The molecule has 0 amide bonds. The first-order valence-corrected chi connectivity index (χ1v) is 23.7. The van der Waals surface area contributed by atoms with Gasteiger partial charge in [-0.2, -0.15) is 0 Å². The molecule has 0 bridgehead atoms. The summed E-state index contributed by atoms with van der Waals surface area (Å²) in [6, 6.07) is 78.9. The SMILES string of the molecule is O=S1(=O)c2ccccc2-c2ccccc2-c2ccccc2-c2ccc(-c3nc(-c4cccc(-c5ccccc5)c4)nc(-c4cccc(-c5ccccc5)c4)n3)cc2-c2ccc3ccccc3c21. The Morgan fingerprint density at radius 1 is 0.269 bits per heavy atom. The predicted molar refractivity (Wildman–Crippen MR) is 272 cm³/mol. The Kier molecular flexibility index (Phi) is 9.81. The molecule has 316 valence electrons. The van der Waals surface area contributed by atoms with E-state index in [0.29, 0.717) is 39.5 Å². The van der Waals surface area contributed by atoms with Crippen LogP contribution in [0.4, 0.5) is 0 Å². The zero-order chi connectivity index (χ0) is 44.9. The summed E-state index contributed by atoms with van der Waals surface area (Å²) in [6.07, 6.45) is 0. The largest absolute Gasteiger partial charge is 0.218 e. The van der Waals surface area contributed by atoms with Gasteiger partial charge in [0, 0.05) is 33.2 Å². The Bertz CT molecular complexity index is 3730. The molecular formula is C61H39N3O2S. The van der Waals surface area contributed by atoms with Crippen molar-refractivity contribution in [3.8, 4) is 101 Å².